The molecule has 0 unspecified atom stereocenters. The van der Waals surface area contributed by atoms with E-state index < -0.39 is 0 Å². The summed E-state index contributed by atoms with van der Waals surface area (Å²) in [6, 6.07) is 5.78. The van der Waals surface area contributed by atoms with Crippen LogP contribution in [-0.2, 0) is 20.7 Å². The zero-order valence-corrected chi connectivity index (χ0v) is 11.7. The second-order valence-electron chi connectivity index (χ2n) is 4.24. The molecule has 4 nitrogen and oxygen atoms in total. The Balaban J connectivity index is 2.34. The molecule has 0 bridgehead atoms. The lowest BCUT2D eigenvalue weighted by Crippen LogP contribution is -2.31. The lowest BCUT2D eigenvalue weighted by atomic mass is 10.1. The van der Waals surface area contributed by atoms with Gasteiger partial charge in [-0.25, -0.2) is 0 Å². The fourth-order valence-corrected chi connectivity index (χ4v) is 2.40. The lowest BCUT2D eigenvalue weighted by molar-refractivity contribution is -0.139. The molecule has 0 amide bonds. The molecule has 1 heterocycles. The first-order valence-electron chi connectivity index (χ1n) is 5.72. The van der Waals surface area contributed by atoms with Gasteiger partial charge in [0.1, 0.15) is 12.3 Å². The van der Waals surface area contributed by atoms with Crippen molar-refractivity contribution in [1.29, 1.82) is 0 Å². The molecule has 2 rings (SSSR count). The number of rotatable bonds is 2. The number of benzene rings is 1. The molecule has 0 aliphatic carbocycles. The van der Waals surface area contributed by atoms with Gasteiger partial charge in [0.2, 0.25) is 0 Å². The lowest BCUT2D eigenvalue weighted by Gasteiger charge is -2.23. The largest absolute Gasteiger partial charge is 0.468 e. The van der Waals surface area contributed by atoms with E-state index >= 15 is 0 Å². The summed E-state index contributed by atoms with van der Waals surface area (Å²) >= 11 is 3.41. The Hall–Kier alpha value is -1.36. The minimum atomic E-state index is -0.296. The van der Waals surface area contributed by atoms with Crippen molar-refractivity contribution >= 4 is 33.4 Å². The maximum Gasteiger partial charge on any atom is 0.325 e. The molecule has 1 aromatic rings. The van der Waals surface area contributed by atoms with Gasteiger partial charge < -0.3 is 9.64 Å². The second kappa shape index (κ2) is 5.52. The van der Waals surface area contributed by atoms with Gasteiger partial charge in [-0.3, -0.25) is 9.59 Å². The van der Waals surface area contributed by atoms with Gasteiger partial charge in [0.05, 0.1) is 7.11 Å². The maximum atomic E-state index is 11.7. The van der Waals surface area contributed by atoms with Crippen molar-refractivity contribution in [1.82, 2.24) is 0 Å². The van der Waals surface area contributed by atoms with Crippen LogP contribution in [0.1, 0.15) is 12.0 Å². The minimum Gasteiger partial charge on any atom is -0.468 e. The van der Waals surface area contributed by atoms with Crippen molar-refractivity contribution in [2.75, 3.05) is 25.1 Å². The van der Waals surface area contributed by atoms with Gasteiger partial charge in [0.15, 0.2) is 0 Å². The van der Waals surface area contributed by atoms with Crippen molar-refractivity contribution < 1.29 is 14.3 Å². The Morgan fingerprint density at radius 2 is 2.28 bits per heavy atom. The molecular formula is C13H14BrNO3. The van der Waals surface area contributed by atoms with Gasteiger partial charge in [-0.1, -0.05) is 22.0 Å². The Labute approximate surface area is 114 Å². The predicted molar refractivity (Wildman–Crippen MR) is 71.7 cm³/mol. The second-order valence-corrected chi connectivity index (χ2v) is 5.15. The van der Waals surface area contributed by atoms with E-state index in [1.54, 1.807) is 0 Å². The standard InChI is InChI=1S/C13H14BrNO3/c1-18-13(17)8-15-5-4-11(16)6-9-2-3-10(14)7-12(9)15/h2-3,7H,4-6,8H2,1H3. The van der Waals surface area contributed by atoms with E-state index in [-0.39, 0.29) is 18.3 Å². The van der Waals surface area contributed by atoms with Gasteiger partial charge >= 0.3 is 5.97 Å². The first kappa shape index (κ1) is 13.1. The number of halogens is 1. The van der Waals surface area contributed by atoms with Crippen molar-refractivity contribution in [2.45, 2.75) is 12.8 Å². The van der Waals surface area contributed by atoms with Crippen LogP contribution < -0.4 is 4.90 Å². The molecule has 0 saturated carbocycles. The van der Waals surface area contributed by atoms with Crippen molar-refractivity contribution in [3.63, 3.8) is 0 Å². The summed E-state index contributed by atoms with van der Waals surface area (Å²) < 4.78 is 5.62. The van der Waals surface area contributed by atoms with Gasteiger partial charge in [-0.2, -0.15) is 0 Å². The van der Waals surface area contributed by atoms with E-state index in [9.17, 15) is 9.59 Å². The van der Waals surface area contributed by atoms with E-state index in [0.717, 1.165) is 15.7 Å². The van der Waals surface area contributed by atoms with Crippen LogP contribution in [0.15, 0.2) is 22.7 Å². The Kier molecular flexibility index (Phi) is 4.01. The number of methoxy groups -OCH3 is 1. The van der Waals surface area contributed by atoms with E-state index in [4.69, 9.17) is 0 Å². The van der Waals surface area contributed by atoms with Crippen molar-refractivity contribution in [2.24, 2.45) is 0 Å². The molecule has 0 aromatic heterocycles. The molecule has 1 aromatic carbocycles. The SMILES string of the molecule is COC(=O)CN1CCC(=O)Cc2ccc(Br)cc21. The van der Waals surface area contributed by atoms with Crippen LogP contribution in [-0.4, -0.2) is 32.0 Å². The first-order valence-corrected chi connectivity index (χ1v) is 6.51. The molecule has 5 heteroatoms. The third kappa shape index (κ3) is 2.90. The van der Waals surface area contributed by atoms with E-state index in [1.165, 1.54) is 7.11 Å². The monoisotopic (exact) mass is 311 g/mol. The van der Waals surface area contributed by atoms with Crippen LogP contribution in [0.2, 0.25) is 0 Å². The van der Waals surface area contributed by atoms with Crippen LogP contribution in [0.3, 0.4) is 0 Å². The van der Waals surface area contributed by atoms with Gasteiger partial charge in [-0.05, 0) is 17.7 Å². The number of Topliss-reactive ketones (excluding diaryl/α,β-unsaturated/α-hetero) is 1. The van der Waals surface area contributed by atoms with Crippen LogP contribution in [0.25, 0.3) is 0 Å². The van der Waals surface area contributed by atoms with Crippen LogP contribution in [0, 0.1) is 0 Å². The number of ketones is 1. The smallest absolute Gasteiger partial charge is 0.325 e. The minimum absolute atomic E-state index is 0.174. The third-order valence-electron chi connectivity index (χ3n) is 2.98. The van der Waals surface area contributed by atoms with Gasteiger partial charge in [0, 0.05) is 29.5 Å². The highest BCUT2D eigenvalue weighted by molar-refractivity contribution is 9.10. The number of nitrogens with zero attached hydrogens (tertiary/aromatic N) is 1. The molecule has 0 radical (unpaired) electrons. The molecule has 96 valence electrons. The van der Waals surface area contributed by atoms with Gasteiger partial charge in [-0.15, -0.1) is 0 Å². The molecule has 0 fully saturated rings. The highest BCUT2D eigenvalue weighted by atomic mass is 79.9. The molecule has 1 aliphatic heterocycles. The number of carbonyl (C=O) groups excluding carboxylic acids is 2. The quantitative estimate of drug-likeness (QED) is 0.783. The topological polar surface area (TPSA) is 46.6 Å². The number of hydrogen-bond acceptors (Lipinski definition) is 4. The van der Waals surface area contributed by atoms with Crippen LogP contribution in [0.4, 0.5) is 5.69 Å². The van der Waals surface area contributed by atoms with E-state index in [1.807, 2.05) is 23.1 Å². The highest BCUT2D eigenvalue weighted by Gasteiger charge is 2.21. The number of hydrogen-bond donors (Lipinski definition) is 0. The fourth-order valence-electron chi connectivity index (χ4n) is 2.05. The van der Waals surface area contributed by atoms with E-state index in [2.05, 4.69) is 20.7 Å². The number of fused-ring (bicyclic) bond motifs is 1. The Morgan fingerprint density at radius 1 is 1.50 bits per heavy atom. The van der Waals surface area contributed by atoms with Crippen LogP contribution >= 0.6 is 15.9 Å². The molecule has 0 N–H and O–H groups in total. The number of carbonyl (C=O) groups is 2. The van der Waals surface area contributed by atoms with Crippen molar-refractivity contribution in [3.05, 3.63) is 28.2 Å². The molecule has 1 aliphatic rings. The van der Waals surface area contributed by atoms with Gasteiger partial charge in [0.25, 0.3) is 0 Å². The summed E-state index contributed by atoms with van der Waals surface area (Å²) in [5, 5.41) is 0. The van der Waals surface area contributed by atoms with E-state index in [0.29, 0.717) is 19.4 Å². The summed E-state index contributed by atoms with van der Waals surface area (Å²) in [7, 11) is 1.37. The number of anilines is 1. The normalized spacial score (nSPS) is 15.0. The summed E-state index contributed by atoms with van der Waals surface area (Å²) in [6.45, 7) is 0.727. The number of ether oxygens (including phenoxy) is 1. The summed E-state index contributed by atoms with van der Waals surface area (Å²) in [6.07, 6.45) is 0.892. The number of esters is 1. The maximum absolute atomic E-state index is 11.7. The molecule has 0 atom stereocenters. The Bertz CT molecular complexity index is 487. The molecular weight excluding hydrogens is 298 g/mol. The summed E-state index contributed by atoms with van der Waals surface area (Å²) in [4.78, 5) is 25.0. The molecule has 0 spiro atoms. The first-order chi connectivity index (χ1) is 8.60. The predicted octanol–water partition coefficient (Wildman–Crippen LogP) is 1.94. The average molecular weight is 312 g/mol. The van der Waals surface area contributed by atoms with Crippen molar-refractivity contribution in [3.8, 4) is 0 Å². The highest BCUT2D eigenvalue weighted by Crippen LogP contribution is 2.28. The summed E-state index contributed by atoms with van der Waals surface area (Å²) in [5.41, 5.74) is 1.89. The summed E-state index contributed by atoms with van der Waals surface area (Å²) in [5.74, 6) is -0.0961. The molecule has 18 heavy (non-hydrogen) atoms. The third-order valence-corrected chi connectivity index (χ3v) is 3.48. The molecule has 0 saturated heterocycles. The zero-order chi connectivity index (χ0) is 13.1. The average Bonchev–Trinajstić information content (AvgIpc) is 2.49. The zero-order valence-electron chi connectivity index (χ0n) is 10.1. The van der Waals surface area contributed by atoms with Crippen LogP contribution in [0.5, 0.6) is 0 Å². The Morgan fingerprint density at radius 3 is 3.00 bits per heavy atom. The fraction of sp³-hybridized carbons (Fsp3) is 0.385.